The summed E-state index contributed by atoms with van der Waals surface area (Å²) in [7, 11) is 2.54. The Morgan fingerprint density at radius 2 is 2.08 bits per heavy atom. The maximum Gasteiger partial charge on any atom is 0.123 e. The quantitative estimate of drug-likeness (QED) is 0.724. The number of aromatic amines is 1. The summed E-state index contributed by atoms with van der Waals surface area (Å²) in [6.45, 7) is 4.00. The van der Waals surface area contributed by atoms with Crippen molar-refractivity contribution in [2.45, 2.75) is 13.8 Å². The van der Waals surface area contributed by atoms with E-state index in [2.05, 4.69) is 35.1 Å². The lowest BCUT2D eigenvalue weighted by Gasteiger charge is -1.87. The number of halogens is 1. The molecule has 0 aliphatic rings. The molecule has 4 heteroatoms. The van der Waals surface area contributed by atoms with Gasteiger partial charge < -0.3 is 4.98 Å². The van der Waals surface area contributed by atoms with Crippen LogP contribution in [0.1, 0.15) is 13.8 Å². The van der Waals surface area contributed by atoms with Crippen LogP contribution in [0.15, 0.2) is 22.7 Å². The first-order chi connectivity index (χ1) is 6.25. The predicted octanol–water partition coefficient (Wildman–Crippen LogP) is 2.85. The number of rotatable bonds is 0. The van der Waals surface area contributed by atoms with E-state index in [0.717, 1.165) is 21.1 Å². The van der Waals surface area contributed by atoms with Gasteiger partial charge in [0.15, 0.2) is 0 Å². The zero-order valence-corrected chi connectivity index (χ0v) is 10.4. The molecule has 1 aromatic carbocycles. The SMILES string of the molecule is CC.Pc1nc2ccc(Br)cc2[nH]1. The molecule has 1 N–H and O–H groups in total. The van der Waals surface area contributed by atoms with Crippen molar-refractivity contribution >= 4 is 41.8 Å². The van der Waals surface area contributed by atoms with E-state index in [1.54, 1.807) is 0 Å². The zero-order chi connectivity index (χ0) is 9.84. The van der Waals surface area contributed by atoms with Crippen molar-refractivity contribution in [1.29, 1.82) is 0 Å². The lowest BCUT2D eigenvalue weighted by molar-refractivity contribution is 1.45. The number of benzene rings is 1. The third-order valence-corrected chi connectivity index (χ3v) is 2.23. The Kier molecular flexibility index (Phi) is 3.89. The molecule has 0 aliphatic carbocycles. The number of hydrogen-bond donors (Lipinski definition) is 1. The Morgan fingerprint density at radius 3 is 2.77 bits per heavy atom. The van der Waals surface area contributed by atoms with Gasteiger partial charge in [0.2, 0.25) is 0 Å². The van der Waals surface area contributed by atoms with Crippen LogP contribution in [-0.2, 0) is 0 Å². The Hall–Kier alpha value is -0.400. The van der Waals surface area contributed by atoms with Crippen LogP contribution in [0, 0.1) is 0 Å². The first-order valence-corrected chi connectivity index (χ1v) is 5.53. The lowest BCUT2D eigenvalue weighted by Crippen LogP contribution is -1.91. The minimum Gasteiger partial charge on any atom is -0.339 e. The summed E-state index contributed by atoms with van der Waals surface area (Å²) < 4.78 is 1.07. The molecule has 2 nitrogen and oxygen atoms in total. The highest BCUT2D eigenvalue weighted by Crippen LogP contribution is 2.15. The van der Waals surface area contributed by atoms with Crippen molar-refractivity contribution < 1.29 is 0 Å². The Bertz CT molecular complexity index is 397. The second-order valence-electron chi connectivity index (χ2n) is 2.28. The lowest BCUT2D eigenvalue weighted by atomic mass is 10.3. The van der Waals surface area contributed by atoms with Gasteiger partial charge in [-0.2, -0.15) is 0 Å². The molecular formula is C9H12BrN2P. The van der Waals surface area contributed by atoms with Crippen LogP contribution in [0.2, 0.25) is 0 Å². The number of imidazole rings is 1. The molecule has 0 spiro atoms. The van der Waals surface area contributed by atoms with Gasteiger partial charge in [0.05, 0.1) is 11.0 Å². The first-order valence-electron chi connectivity index (χ1n) is 4.16. The van der Waals surface area contributed by atoms with Gasteiger partial charge in [0.1, 0.15) is 5.57 Å². The molecule has 13 heavy (non-hydrogen) atoms. The minimum absolute atomic E-state index is 0.873. The molecule has 1 unspecified atom stereocenters. The van der Waals surface area contributed by atoms with Gasteiger partial charge in [-0.3, -0.25) is 0 Å². The normalized spacial score (nSPS) is 9.54. The number of nitrogens with zero attached hydrogens (tertiary/aromatic N) is 1. The summed E-state index contributed by atoms with van der Waals surface area (Å²) >= 11 is 3.39. The van der Waals surface area contributed by atoms with Crippen LogP contribution in [0.25, 0.3) is 11.0 Å². The highest BCUT2D eigenvalue weighted by Gasteiger charge is 1.97. The molecule has 0 radical (unpaired) electrons. The molecule has 0 aliphatic heterocycles. The number of fused-ring (bicyclic) bond motifs is 1. The largest absolute Gasteiger partial charge is 0.339 e. The average Bonchev–Trinajstić information content (AvgIpc) is 2.48. The number of H-pyrrole nitrogens is 1. The van der Waals surface area contributed by atoms with E-state index in [1.807, 2.05) is 32.0 Å². The maximum absolute atomic E-state index is 4.24. The molecule has 70 valence electrons. The van der Waals surface area contributed by atoms with Crippen molar-refractivity contribution in [1.82, 2.24) is 9.97 Å². The zero-order valence-electron chi connectivity index (χ0n) is 7.63. The fraction of sp³-hybridized carbons (Fsp3) is 0.222. The van der Waals surface area contributed by atoms with Crippen molar-refractivity contribution in [3.8, 4) is 0 Å². The van der Waals surface area contributed by atoms with Crippen LogP contribution in [0.5, 0.6) is 0 Å². The summed E-state index contributed by atoms with van der Waals surface area (Å²) in [6.07, 6.45) is 0. The van der Waals surface area contributed by atoms with Crippen molar-refractivity contribution in [3.63, 3.8) is 0 Å². The highest BCUT2D eigenvalue weighted by molar-refractivity contribution is 9.10. The van der Waals surface area contributed by atoms with Crippen LogP contribution < -0.4 is 5.57 Å². The summed E-state index contributed by atoms with van der Waals surface area (Å²) in [6, 6.07) is 5.96. The van der Waals surface area contributed by atoms with E-state index >= 15 is 0 Å². The molecule has 0 saturated heterocycles. The molecule has 1 atom stereocenters. The average molecular weight is 259 g/mol. The van der Waals surface area contributed by atoms with Crippen molar-refractivity contribution in [2.75, 3.05) is 0 Å². The van der Waals surface area contributed by atoms with E-state index in [9.17, 15) is 0 Å². The van der Waals surface area contributed by atoms with Gasteiger partial charge in [-0.25, -0.2) is 4.98 Å². The molecule has 0 saturated carbocycles. The molecule has 2 aromatic rings. The third kappa shape index (κ3) is 2.52. The van der Waals surface area contributed by atoms with E-state index in [1.165, 1.54) is 0 Å². The summed E-state index contributed by atoms with van der Waals surface area (Å²) in [5, 5.41) is 0. The number of nitrogens with one attached hydrogen (secondary N) is 1. The van der Waals surface area contributed by atoms with Crippen LogP contribution in [0.4, 0.5) is 0 Å². The second kappa shape index (κ2) is 4.73. The van der Waals surface area contributed by atoms with Crippen molar-refractivity contribution in [3.05, 3.63) is 22.7 Å². The topological polar surface area (TPSA) is 28.7 Å². The molecule has 1 heterocycles. The Morgan fingerprint density at radius 1 is 1.38 bits per heavy atom. The summed E-state index contributed by atoms with van der Waals surface area (Å²) in [5.41, 5.74) is 2.93. The molecular weight excluding hydrogens is 247 g/mol. The van der Waals surface area contributed by atoms with E-state index in [0.29, 0.717) is 0 Å². The second-order valence-corrected chi connectivity index (χ2v) is 3.75. The smallest absolute Gasteiger partial charge is 0.123 e. The molecule has 1 aromatic heterocycles. The Labute approximate surface area is 88.5 Å². The minimum atomic E-state index is 0.873. The Balaban J connectivity index is 0.000000396. The van der Waals surface area contributed by atoms with E-state index in [4.69, 9.17) is 0 Å². The van der Waals surface area contributed by atoms with Crippen LogP contribution in [0.3, 0.4) is 0 Å². The standard InChI is InChI=1S/C7H6BrN2P.C2H6/c8-4-1-2-5-6(3-4)10-7(11)9-5;1-2/h1-3H,11H2,(H,9,10);1-2H3. The van der Waals surface area contributed by atoms with Gasteiger partial charge >= 0.3 is 0 Å². The van der Waals surface area contributed by atoms with Gasteiger partial charge in [-0.1, -0.05) is 39.0 Å². The van der Waals surface area contributed by atoms with Gasteiger partial charge in [0, 0.05) is 4.47 Å². The van der Waals surface area contributed by atoms with E-state index in [-0.39, 0.29) is 0 Å². The van der Waals surface area contributed by atoms with Gasteiger partial charge in [0.25, 0.3) is 0 Å². The number of hydrogen-bond acceptors (Lipinski definition) is 1. The summed E-state index contributed by atoms with van der Waals surface area (Å²) in [4.78, 5) is 7.36. The van der Waals surface area contributed by atoms with Gasteiger partial charge in [-0.15, -0.1) is 0 Å². The van der Waals surface area contributed by atoms with Crippen LogP contribution >= 0.6 is 25.2 Å². The van der Waals surface area contributed by atoms with Crippen LogP contribution in [-0.4, -0.2) is 9.97 Å². The maximum atomic E-state index is 4.24. The molecule has 2 rings (SSSR count). The highest BCUT2D eigenvalue weighted by atomic mass is 79.9. The number of aromatic nitrogens is 2. The van der Waals surface area contributed by atoms with E-state index < -0.39 is 0 Å². The molecule has 0 fully saturated rings. The van der Waals surface area contributed by atoms with Crippen molar-refractivity contribution in [2.24, 2.45) is 0 Å². The summed E-state index contributed by atoms with van der Waals surface area (Å²) in [5.74, 6) is 0. The predicted molar refractivity (Wildman–Crippen MR) is 64.5 cm³/mol. The molecule has 0 bridgehead atoms. The fourth-order valence-electron chi connectivity index (χ4n) is 1.00. The first kappa shape index (κ1) is 10.7. The molecule has 0 amide bonds. The van der Waals surface area contributed by atoms with Gasteiger partial charge in [-0.05, 0) is 18.2 Å². The fourth-order valence-corrected chi connectivity index (χ4v) is 1.66. The third-order valence-electron chi connectivity index (χ3n) is 1.46. The monoisotopic (exact) mass is 258 g/mol.